The molecule has 1 fully saturated rings. The maximum Gasteiger partial charge on any atom is 0.255 e. The molecule has 3 N–H and O–H groups in total. The summed E-state index contributed by atoms with van der Waals surface area (Å²) in [7, 11) is 0. The molecule has 1 amide bonds. The number of aromatic nitrogens is 5. The maximum absolute atomic E-state index is 12.6. The minimum Gasteiger partial charge on any atom is -0.345 e. The van der Waals surface area contributed by atoms with E-state index in [1.54, 1.807) is 6.20 Å². The van der Waals surface area contributed by atoms with E-state index in [0.29, 0.717) is 29.7 Å². The Bertz CT molecular complexity index is 863. The third-order valence-electron chi connectivity index (χ3n) is 4.91. The molecule has 4 rings (SSSR count). The summed E-state index contributed by atoms with van der Waals surface area (Å²) >= 11 is 0. The van der Waals surface area contributed by atoms with Crippen LogP contribution in [0, 0.1) is 0 Å². The van der Waals surface area contributed by atoms with Gasteiger partial charge < -0.3 is 5.32 Å². The molecule has 7 heteroatoms. The van der Waals surface area contributed by atoms with Crippen molar-refractivity contribution in [3.8, 4) is 11.4 Å². The number of amides is 1. The second kappa shape index (κ2) is 7.51. The molecular weight excluding hydrogens is 328 g/mol. The van der Waals surface area contributed by atoms with E-state index in [-0.39, 0.29) is 5.91 Å². The summed E-state index contributed by atoms with van der Waals surface area (Å²) in [5, 5.41) is 17.1. The van der Waals surface area contributed by atoms with E-state index in [1.807, 2.05) is 30.3 Å². The minimum atomic E-state index is -0.128. The molecule has 3 aromatic rings. The predicted octanol–water partition coefficient (Wildman–Crippen LogP) is 3.17. The van der Waals surface area contributed by atoms with Crippen LogP contribution in [0.1, 0.15) is 59.9 Å². The summed E-state index contributed by atoms with van der Waals surface area (Å²) < 4.78 is 0. The van der Waals surface area contributed by atoms with Gasteiger partial charge in [0.25, 0.3) is 5.91 Å². The molecule has 0 spiro atoms. The van der Waals surface area contributed by atoms with Crippen molar-refractivity contribution in [2.24, 2.45) is 0 Å². The molecular formula is C19H22N6O. The van der Waals surface area contributed by atoms with Gasteiger partial charge in [0, 0.05) is 11.5 Å². The monoisotopic (exact) mass is 350 g/mol. The van der Waals surface area contributed by atoms with Crippen molar-refractivity contribution >= 4 is 5.91 Å². The van der Waals surface area contributed by atoms with Gasteiger partial charge in [-0.2, -0.15) is 10.2 Å². The van der Waals surface area contributed by atoms with Crippen molar-refractivity contribution in [2.75, 3.05) is 0 Å². The number of rotatable bonds is 5. The number of hydrogen-bond acceptors (Lipinski definition) is 4. The van der Waals surface area contributed by atoms with Crippen molar-refractivity contribution < 1.29 is 4.79 Å². The molecule has 26 heavy (non-hydrogen) atoms. The van der Waals surface area contributed by atoms with Crippen molar-refractivity contribution in [3.05, 3.63) is 53.6 Å². The highest BCUT2D eigenvalue weighted by Crippen LogP contribution is 2.33. The summed E-state index contributed by atoms with van der Waals surface area (Å²) in [5.74, 6) is 1.53. The molecule has 1 aliphatic carbocycles. The van der Waals surface area contributed by atoms with Crippen LogP contribution in [-0.2, 0) is 6.54 Å². The van der Waals surface area contributed by atoms with Crippen LogP contribution >= 0.6 is 0 Å². The number of carbonyl (C=O) groups is 1. The Morgan fingerprint density at radius 1 is 1.12 bits per heavy atom. The third-order valence-corrected chi connectivity index (χ3v) is 4.91. The number of benzene rings is 1. The zero-order valence-corrected chi connectivity index (χ0v) is 14.5. The van der Waals surface area contributed by atoms with Gasteiger partial charge in [0.1, 0.15) is 5.82 Å². The summed E-state index contributed by atoms with van der Waals surface area (Å²) in [4.78, 5) is 17.0. The van der Waals surface area contributed by atoms with Crippen molar-refractivity contribution in [1.29, 1.82) is 0 Å². The molecule has 0 bridgehead atoms. The lowest BCUT2D eigenvalue weighted by atomic mass is 9.85. The van der Waals surface area contributed by atoms with Crippen LogP contribution in [0.4, 0.5) is 0 Å². The number of hydrogen-bond donors (Lipinski definition) is 3. The lowest BCUT2D eigenvalue weighted by molar-refractivity contribution is 0.0948. The van der Waals surface area contributed by atoms with Crippen LogP contribution in [-0.4, -0.2) is 31.3 Å². The molecule has 0 atom stereocenters. The molecule has 0 aliphatic heterocycles. The van der Waals surface area contributed by atoms with Crippen LogP contribution < -0.4 is 5.32 Å². The zero-order valence-electron chi connectivity index (χ0n) is 14.5. The highest BCUT2D eigenvalue weighted by Gasteiger charge is 2.23. The van der Waals surface area contributed by atoms with Gasteiger partial charge >= 0.3 is 0 Å². The van der Waals surface area contributed by atoms with E-state index < -0.39 is 0 Å². The van der Waals surface area contributed by atoms with Crippen molar-refractivity contribution in [2.45, 2.75) is 44.6 Å². The molecule has 1 aliphatic rings. The first kappa shape index (κ1) is 16.5. The standard InChI is InChI=1S/C19H22N6O/c26-19(15-11-21-24-17(15)13-7-3-1-4-8-13)20-12-16-22-18(25-23-16)14-9-5-2-6-10-14/h2,5-6,9-11,13H,1,3-4,7-8,12H2,(H,20,26)(H,21,24)(H,22,23,25). The number of nitrogens with one attached hydrogen (secondary N) is 3. The SMILES string of the molecule is O=C(NCc1nc(-c2ccccc2)n[nH]1)c1cn[nH]c1C1CCCCC1. The van der Waals surface area contributed by atoms with Crippen LogP contribution in [0.5, 0.6) is 0 Å². The molecule has 134 valence electrons. The van der Waals surface area contributed by atoms with Gasteiger partial charge in [-0.1, -0.05) is 49.6 Å². The Morgan fingerprint density at radius 3 is 2.73 bits per heavy atom. The fraction of sp³-hybridized carbons (Fsp3) is 0.368. The largest absolute Gasteiger partial charge is 0.345 e. The van der Waals surface area contributed by atoms with Crippen LogP contribution in [0.3, 0.4) is 0 Å². The summed E-state index contributed by atoms with van der Waals surface area (Å²) in [6.45, 7) is 0.300. The predicted molar refractivity (Wildman–Crippen MR) is 97.4 cm³/mol. The molecule has 0 unspecified atom stereocenters. The van der Waals surface area contributed by atoms with Crippen molar-refractivity contribution in [3.63, 3.8) is 0 Å². The van der Waals surface area contributed by atoms with Crippen LogP contribution in [0.15, 0.2) is 36.5 Å². The van der Waals surface area contributed by atoms with Gasteiger partial charge in [-0.15, -0.1) is 0 Å². The number of H-pyrrole nitrogens is 2. The quantitative estimate of drug-likeness (QED) is 0.658. The van der Waals surface area contributed by atoms with Gasteiger partial charge in [-0.05, 0) is 12.8 Å². The molecule has 2 aromatic heterocycles. The fourth-order valence-corrected chi connectivity index (χ4v) is 3.53. The Balaban J connectivity index is 1.40. The third kappa shape index (κ3) is 3.51. The second-order valence-corrected chi connectivity index (χ2v) is 6.69. The fourth-order valence-electron chi connectivity index (χ4n) is 3.53. The van der Waals surface area contributed by atoms with Crippen LogP contribution in [0.2, 0.25) is 0 Å². The van der Waals surface area contributed by atoms with Crippen molar-refractivity contribution in [1.82, 2.24) is 30.7 Å². The first-order valence-electron chi connectivity index (χ1n) is 9.09. The molecule has 2 heterocycles. The molecule has 7 nitrogen and oxygen atoms in total. The average Bonchev–Trinajstić information content (AvgIpc) is 3.37. The Labute approximate surface area is 151 Å². The minimum absolute atomic E-state index is 0.128. The van der Waals surface area contributed by atoms with E-state index >= 15 is 0 Å². The molecule has 0 radical (unpaired) electrons. The summed E-state index contributed by atoms with van der Waals surface area (Å²) in [6.07, 6.45) is 7.56. The Hall–Kier alpha value is -2.96. The maximum atomic E-state index is 12.6. The van der Waals surface area contributed by atoms with Gasteiger partial charge in [0.15, 0.2) is 5.82 Å². The van der Waals surface area contributed by atoms with E-state index in [0.717, 1.165) is 24.1 Å². The number of aromatic amines is 2. The van der Waals surface area contributed by atoms with Gasteiger partial charge in [0.2, 0.25) is 0 Å². The van der Waals surface area contributed by atoms with E-state index in [4.69, 9.17) is 0 Å². The number of nitrogens with zero attached hydrogens (tertiary/aromatic N) is 3. The van der Waals surface area contributed by atoms with Gasteiger partial charge in [-0.25, -0.2) is 4.98 Å². The smallest absolute Gasteiger partial charge is 0.255 e. The molecule has 1 saturated carbocycles. The average molecular weight is 350 g/mol. The van der Waals surface area contributed by atoms with E-state index in [9.17, 15) is 4.79 Å². The molecule has 1 aromatic carbocycles. The second-order valence-electron chi connectivity index (χ2n) is 6.69. The zero-order chi connectivity index (χ0) is 17.8. The normalized spacial score (nSPS) is 15.1. The number of carbonyl (C=O) groups excluding carboxylic acids is 1. The van der Waals surface area contributed by atoms with Gasteiger partial charge in [-0.3, -0.25) is 15.0 Å². The van der Waals surface area contributed by atoms with Gasteiger partial charge in [0.05, 0.1) is 24.0 Å². The highest BCUT2D eigenvalue weighted by molar-refractivity contribution is 5.95. The van der Waals surface area contributed by atoms with E-state index in [2.05, 4.69) is 30.7 Å². The lowest BCUT2D eigenvalue weighted by Crippen LogP contribution is -2.25. The van der Waals surface area contributed by atoms with Crippen LogP contribution in [0.25, 0.3) is 11.4 Å². The first-order chi connectivity index (χ1) is 12.8. The Morgan fingerprint density at radius 2 is 1.92 bits per heavy atom. The summed E-state index contributed by atoms with van der Waals surface area (Å²) in [6, 6.07) is 9.74. The summed E-state index contributed by atoms with van der Waals surface area (Å²) in [5.41, 5.74) is 2.54. The van der Waals surface area contributed by atoms with E-state index in [1.165, 1.54) is 19.3 Å². The highest BCUT2D eigenvalue weighted by atomic mass is 16.1. The lowest BCUT2D eigenvalue weighted by Gasteiger charge is -2.21. The Kier molecular flexibility index (Phi) is 4.77. The molecule has 0 saturated heterocycles. The topological polar surface area (TPSA) is 99.3 Å². The first-order valence-corrected chi connectivity index (χ1v) is 9.09.